The summed E-state index contributed by atoms with van der Waals surface area (Å²) in [6, 6.07) is 32.5. The highest BCUT2D eigenvalue weighted by Gasteiger charge is 2.44. The van der Waals surface area contributed by atoms with E-state index in [1.165, 1.54) is 64.6 Å². The minimum absolute atomic E-state index is 0.0438. The van der Waals surface area contributed by atoms with Crippen molar-refractivity contribution in [2.75, 3.05) is 0 Å². The van der Waals surface area contributed by atoms with Gasteiger partial charge in [0.05, 0.1) is 0 Å². The number of hydrogen-bond acceptors (Lipinski definition) is 0. The molecule has 7 rings (SSSR count). The lowest BCUT2D eigenvalue weighted by molar-refractivity contribution is 0.424. The second-order valence-electron chi connectivity index (χ2n) is 11.2. The molecule has 0 spiro atoms. The third-order valence-electron chi connectivity index (χ3n) is 9.35. The minimum atomic E-state index is 0.0438. The van der Waals surface area contributed by atoms with Crippen molar-refractivity contribution in [3.8, 4) is 22.3 Å². The van der Waals surface area contributed by atoms with Crippen molar-refractivity contribution >= 4 is 0 Å². The van der Waals surface area contributed by atoms with Crippen LogP contribution in [0, 0.1) is 0 Å². The van der Waals surface area contributed by atoms with E-state index in [2.05, 4.69) is 98.8 Å². The highest BCUT2D eigenvalue weighted by molar-refractivity contribution is 5.83. The van der Waals surface area contributed by atoms with E-state index in [9.17, 15) is 0 Å². The summed E-state index contributed by atoms with van der Waals surface area (Å²) in [6.45, 7) is 5.00. The SMILES string of the molecule is CC1(CCC2(C)c3ccccc3-c3cc4c(cc32)CCCC4)c2ccccc2-c2ccccc21. The highest BCUT2D eigenvalue weighted by Crippen LogP contribution is 2.56. The van der Waals surface area contributed by atoms with Crippen LogP contribution in [0.2, 0.25) is 0 Å². The van der Waals surface area contributed by atoms with Gasteiger partial charge in [0, 0.05) is 10.8 Å². The van der Waals surface area contributed by atoms with Gasteiger partial charge in [0.25, 0.3) is 0 Å². The number of benzene rings is 4. The number of fused-ring (bicyclic) bond motifs is 7. The maximum Gasteiger partial charge on any atom is 0.0187 e. The Morgan fingerprint density at radius 1 is 0.500 bits per heavy atom. The van der Waals surface area contributed by atoms with E-state index in [-0.39, 0.29) is 10.8 Å². The molecule has 168 valence electrons. The van der Waals surface area contributed by atoms with Crippen molar-refractivity contribution in [1.82, 2.24) is 0 Å². The first-order valence-corrected chi connectivity index (χ1v) is 13.1. The zero-order valence-electron chi connectivity index (χ0n) is 20.3. The smallest absolute Gasteiger partial charge is 0.0187 e. The van der Waals surface area contributed by atoms with Gasteiger partial charge >= 0.3 is 0 Å². The Balaban J connectivity index is 1.35. The summed E-state index contributed by atoms with van der Waals surface area (Å²) >= 11 is 0. The Hall–Kier alpha value is -3.12. The van der Waals surface area contributed by atoms with Gasteiger partial charge in [0.15, 0.2) is 0 Å². The third-order valence-corrected chi connectivity index (χ3v) is 9.35. The first-order chi connectivity index (χ1) is 16.6. The van der Waals surface area contributed by atoms with Gasteiger partial charge in [-0.3, -0.25) is 0 Å². The molecule has 0 bridgehead atoms. The van der Waals surface area contributed by atoms with Crippen molar-refractivity contribution in [2.24, 2.45) is 0 Å². The minimum Gasteiger partial charge on any atom is -0.0619 e. The van der Waals surface area contributed by atoms with E-state index < -0.39 is 0 Å². The summed E-state index contributed by atoms with van der Waals surface area (Å²) in [7, 11) is 0. The molecule has 0 heteroatoms. The number of aryl methyl sites for hydroxylation is 2. The summed E-state index contributed by atoms with van der Waals surface area (Å²) < 4.78 is 0. The van der Waals surface area contributed by atoms with E-state index in [1.807, 2.05) is 0 Å². The molecule has 1 unspecified atom stereocenters. The van der Waals surface area contributed by atoms with E-state index in [1.54, 1.807) is 16.7 Å². The molecule has 0 N–H and O–H groups in total. The fourth-order valence-corrected chi connectivity index (χ4v) is 7.39. The van der Waals surface area contributed by atoms with Crippen molar-refractivity contribution in [2.45, 2.75) is 63.2 Å². The summed E-state index contributed by atoms with van der Waals surface area (Å²) in [5, 5.41) is 0. The second-order valence-corrected chi connectivity index (χ2v) is 11.2. The van der Waals surface area contributed by atoms with Crippen LogP contribution < -0.4 is 0 Å². The third kappa shape index (κ3) is 2.66. The molecule has 0 saturated heterocycles. The highest BCUT2D eigenvalue weighted by atomic mass is 14.5. The first-order valence-electron chi connectivity index (χ1n) is 13.1. The fourth-order valence-electron chi connectivity index (χ4n) is 7.39. The second kappa shape index (κ2) is 7.19. The van der Waals surface area contributed by atoms with Crippen molar-refractivity contribution in [1.29, 1.82) is 0 Å². The van der Waals surface area contributed by atoms with E-state index >= 15 is 0 Å². The monoisotopic (exact) mass is 440 g/mol. The van der Waals surface area contributed by atoms with Gasteiger partial charge in [-0.05, 0) is 94.2 Å². The molecule has 0 nitrogen and oxygen atoms in total. The molecule has 0 aromatic heterocycles. The van der Waals surface area contributed by atoms with Gasteiger partial charge in [-0.15, -0.1) is 0 Å². The summed E-state index contributed by atoms with van der Waals surface area (Å²) in [5.41, 5.74) is 15.2. The molecule has 0 amide bonds. The van der Waals surface area contributed by atoms with Crippen LogP contribution in [0.1, 0.15) is 72.9 Å². The lowest BCUT2D eigenvalue weighted by Gasteiger charge is -2.34. The quantitative estimate of drug-likeness (QED) is 0.299. The predicted octanol–water partition coefficient (Wildman–Crippen LogP) is 8.62. The molecule has 0 heterocycles. The van der Waals surface area contributed by atoms with Gasteiger partial charge in [0.2, 0.25) is 0 Å². The van der Waals surface area contributed by atoms with Gasteiger partial charge in [0.1, 0.15) is 0 Å². The van der Waals surface area contributed by atoms with Gasteiger partial charge < -0.3 is 0 Å². The zero-order valence-corrected chi connectivity index (χ0v) is 20.3. The van der Waals surface area contributed by atoms with Crippen molar-refractivity contribution in [3.63, 3.8) is 0 Å². The van der Waals surface area contributed by atoms with E-state index in [0.29, 0.717) is 0 Å². The average Bonchev–Trinajstić information content (AvgIpc) is 3.29. The molecule has 1 atom stereocenters. The molecule has 0 saturated carbocycles. The van der Waals surface area contributed by atoms with Crippen LogP contribution in [-0.4, -0.2) is 0 Å². The number of hydrogen-bond donors (Lipinski definition) is 0. The molecule has 3 aliphatic carbocycles. The van der Waals surface area contributed by atoms with Crippen LogP contribution in [0.5, 0.6) is 0 Å². The van der Waals surface area contributed by atoms with Crippen LogP contribution in [0.25, 0.3) is 22.3 Å². The molecule has 3 aliphatic rings. The first kappa shape index (κ1) is 20.3. The summed E-state index contributed by atoms with van der Waals surface area (Å²) in [5.74, 6) is 0. The van der Waals surface area contributed by atoms with Crippen LogP contribution in [0.4, 0.5) is 0 Å². The Bertz CT molecular complexity index is 1390. The molecule has 0 aliphatic heterocycles. The van der Waals surface area contributed by atoms with Gasteiger partial charge in [-0.1, -0.05) is 98.8 Å². The van der Waals surface area contributed by atoms with Crippen LogP contribution in [0.15, 0.2) is 84.9 Å². The Morgan fingerprint density at radius 3 is 1.44 bits per heavy atom. The lowest BCUT2D eigenvalue weighted by Crippen LogP contribution is -2.28. The Morgan fingerprint density at radius 2 is 0.912 bits per heavy atom. The van der Waals surface area contributed by atoms with E-state index in [4.69, 9.17) is 0 Å². The molecule has 0 fully saturated rings. The fraction of sp³-hybridized carbons (Fsp3) is 0.294. The standard InChI is InChI=1S/C34H32/c1-33(29-16-8-5-13-25(29)26-14-6-9-17-30(26)33)19-20-34(2)31-18-10-7-15-27(31)28-21-23-11-3-4-12-24(23)22-32(28)34/h5-10,13-18,21-22H,3-4,11-12,19-20H2,1-2H3. The molecule has 4 aromatic carbocycles. The summed E-state index contributed by atoms with van der Waals surface area (Å²) in [6.07, 6.45) is 7.45. The van der Waals surface area contributed by atoms with Gasteiger partial charge in [-0.2, -0.15) is 0 Å². The summed E-state index contributed by atoms with van der Waals surface area (Å²) in [4.78, 5) is 0. The molecule has 0 radical (unpaired) electrons. The number of rotatable bonds is 3. The maximum absolute atomic E-state index is 2.60. The Labute approximate surface area is 203 Å². The maximum atomic E-state index is 2.60. The predicted molar refractivity (Wildman–Crippen MR) is 143 cm³/mol. The average molecular weight is 441 g/mol. The van der Waals surface area contributed by atoms with Crippen LogP contribution in [0.3, 0.4) is 0 Å². The molecule has 34 heavy (non-hydrogen) atoms. The zero-order chi connectivity index (χ0) is 22.9. The van der Waals surface area contributed by atoms with E-state index in [0.717, 1.165) is 12.8 Å². The molecular formula is C34H32. The lowest BCUT2D eigenvalue weighted by atomic mass is 9.68. The normalized spacial score (nSPS) is 20.8. The Kier molecular flexibility index (Phi) is 4.29. The molecule has 4 aromatic rings. The van der Waals surface area contributed by atoms with Crippen molar-refractivity contribution < 1.29 is 0 Å². The largest absolute Gasteiger partial charge is 0.0619 e. The van der Waals surface area contributed by atoms with Crippen molar-refractivity contribution in [3.05, 3.63) is 118 Å². The topological polar surface area (TPSA) is 0 Å². The molecular weight excluding hydrogens is 408 g/mol. The van der Waals surface area contributed by atoms with Gasteiger partial charge in [-0.25, -0.2) is 0 Å². The van der Waals surface area contributed by atoms with Crippen LogP contribution >= 0.6 is 0 Å². The van der Waals surface area contributed by atoms with Crippen LogP contribution in [-0.2, 0) is 23.7 Å².